The van der Waals surface area contributed by atoms with Crippen molar-refractivity contribution < 1.29 is 0 Å². The van der Waals surface area contributed by atoms with Gasteiger partial charge in [0.15, 0.2) is 0 Å². The van der Waals surface area contributed by atoms with E-state index in [0.29, 0.717) is 10.0 Å². The van der Waals surface area contributed by atoms with Crippen molar-refractivity contribution in [3.8, 4) is 0 Å². The van der Waals surface area contributed by atoms with Crippen molar-refractivity contribution >= 4 is 55.3 Å². The smallest absolute Gasteiger partial charge is 0.0595 e. The van der Waals surface area contributed by atoms with Gasteiger partial charge in [-0.3, -0.25) is 11.3 Å². The van der Waals surface area contributed by atoms with Crippen molar-refractivity contribution in [3.05, 3.63) is 56.2 Å². The third-order valence-corrected chi connectivity index (χ3v) is 6.07. The minimum absolute atomic E-state index is 0.0804. The van der Waals surface area contributed by atoms with E-state index < -0.39 is 0 Å². The minimum Gasteiger partial charge on any atom is -0.271 e. The quantitative estimate of drug-likeness (QED) is 0.516. The molecule has 1 unspecified atom stereocenters. The number of hydrogen-bond acceptors (Lipinski definition) is 4. The zero-order chi connectivity index (χ0) is 14.1. The molecule has 0 bridgehead atoms. The van der Waals surface area contributed by atoms with E-state index in [4.69, 9.17) is 29.0 Å². The third kappa shape index (κ3) is 2.86. The summed E-state index contributed by atoms with van der Waals surface area (Å²) in [5, 5.41) is 3.26. The van der Waals surface area contributed by atoms with Crippen LogP contribution in [0.4, 0.5) is 0 Å². The number of halogens is 2. The van der Waals surface area contributed by atoms with E-state index in [-0.39, 0.29) is 6.04 Å². The van der Waals surface area contributed by atoms with E-state index in [9.17, 15) is 0 Å². The van der Waals surface area contributed by atoms with Gasteiger partial charge in [-0.25, -0.2) is 0 Å². The number of fused-ring (bicyclic) bond motifs is 1. The van der Waals surface area contributed by atoms with Gasteiger partial charge in [0.25, 0.3) is 0 Å². The molecule has 0 spiro atoms. The van der Waals surface area contributed by atoms with E-state index in [0.717, 1.165) is 12.0 Å². The van der Waals surface area contributed by atoms with Gasteiger partial charge in [0, 0.05) is 14.3 Å². The molecule has 1 atom stereocenters. The lowest BCUT2D eigenvalue weighted by molar-refractivity contribution is 0.561. The van der Waals surface area contributed by atoms with Crippen LogP contribution in [0.3, 0.4) is 0 Å². The summed E-state index contributed by atoms with van der Waals surface area (Å²) in [7, 11) is 0. The van der Waals surface area contributed by atoms with Crippen LogP contribution < -0.4 is 11.3 Å². The Morgan fingerprint density at radius 1 is 1.10 bits per heavy atom. The zero-order valence-corrected chi connectivity index (χ0v) is 13.5. The first-order chi connectivity index (χ1) is 9.67. The van der Waals surface area contributed by atoms with E-state index in [1.807, 2.05) is 18.2 Å². The Bertz CT molecular complexity index is 707. The van der Waals surface area contributed by atoms with Crippen molar-refractivity contribution in [3.63, 3.8) is 0 Å². The number of hydrogen-bond donors (Lipinski definition) is 2. The first kappa shape index (κ1) is 14.3. The summed E-state index contributed by atoms with van der Waals surface area (Å²) in [6.45, 7) is 0. The molecule has 0 aliphatic heterocycles. The molecule has 3 aromatic rings. The van der Waals surface area contributed by atoms with Crippen LogP contribution in [-0.4, -0.2) is 0 Å². The predicted molar refractivity (Wildman–Crippen MR) is 89.9 cm³/mol. The lowest BCUT2D eigenvalue weighted by atomic mass is 10.1. The lowest BCUT2D eigenvalue weighted by Crippen LogP contribution is -2.28. The average molecular weight is 343 g/mol. The van der Waals surface area contributed by atoms with Gasteiger partial charge in [0.2, 0.25) is 0 Å². The van der Waals surface area contributed by atoms with Crippen molar-refractivity contribution in [1.29, 1.82) is 0 Å². The van der Waals surface area contributed by atoms with Crippen LogP contribution in [0, 0.1) is 0 Å². The van der Waals surface area contributed by atoms with Gasteiger partial charge < -0.3 is 0 Å². The number of nitrogens with one attached hydrogen (secondary N) is 1. The fraction of sp³-hybridized carbons (Fsp3) is 0.143. The van der Waals surface area contributed by atoms with E-state index >= 15 is 0 Å². The Morgan fingerprint density at radius 3 is 2.65 bits per heavy atom. The molecule has 2 heterocycles. The average Bonchev–Trinajstić information content (AvgIpc) is 3.01. The van der Waals surface area contributed by atoms with Gasteiger partial charge in [-0.2, -0.15) is 0 Å². The van der Waals surface area contributed by atoms with Crippen LogP contribution in [0.2, 0.25) is 10.0 Å². The Hall–Kier alpha value is -0.620. The van der Waals surface area contributed by atoms with Gasteiger partial charge >= 0.3 is 0 Å². The highest BCUT2D eigenvalue weighted by Crippen LogP contribution is 2.34. The highest BCUT2D eigenvalue weighted by Gasteiger charge is 2.15. The molecule has 104 valence electrons. The fourth-order valence-corrected chi connectivity index (χ4v) is 4.60. The molecular weight excluding hydrogens is 331 g/mol. The number of thiophene rings is 2. The second kappa shape index (κ2) is 6.02. The first-order valence-corrected chi connectivity index (χ1v) is 8.49. The molecular formula is C14H12Cl2N2S2. The number of hydrazine groups is 1. The zero-order valence-electron chi connectivity index (χ0n) is 10.4. The van der Waals surface area contributed by atoms with E-state index in [2.05, 4.69) is 22.9 Å². The maximum absolute atomic E-state index is 6.05. The molecule has 20 heavy (non-hydrogen) atoms. The maximum atomic E-state index is 6.05. The minimum atomic E-state index is 0.0804. The Kier molecular flexibility index (Phi) is 4.31. The number of benzene rings is 1. The molecule has 0 aliphatic carbocycles. The molecule has 3 N–H and O–H groups in total. The summed E-state index contributed by atoms with van der Waals surface area (Å²) in [5.74, 6) is 5.71. The summed E-state index contributed by atoms with van der Waals surface area (Å²) in [4.78, 5) is 1.24. The number of nitrogens with two attached hydrogens (primary N) is 1. The SMILES string of the molecule is NNC(Cc1ccc(Cl)c(Cl)c1)c1cc2sccc2s1. The summed E-state index contributed by atoms with van der Waals surface area (Å²) in [6.07, 6.45) is 0.779. The predicted octanol–water partition coefficient (Wildman–Crippen LogP) is 5.02. The first-order valence-electron chi connectivity index (χ1n) is 6.04. The molecule has 2 nitrogen and oxygen atoms in total. The Morgan fingerprint density at radius 2 is 1.95 bits per heavy atom. The summed E-state index contributed by atoms with van der Waals surface area (Å²) in [6, 6.07) is 10.1. The fourth-order valence-electron chi connectivity index (χ4n) is 2.10. The van der Waals surface area contributed by atoms with Gasteiger partial charge in [-0.15, -0.1) is 22.7 Å². The lowest BCUT2D eigenvalue weighted by Gasteiger charge is -2.14. The molecule has 0 amide bonds. The molecule has 0 saturated carbocycles. The molecule has 0 aliphatic rings. The monoisotopic (exact) mass is 342 g/mol. The normalized spacial score (nSPS) is 12.9. The van der Waals surface area contributed by atoms with Gasteiger partial charge in [0.1, 0.15) is 0 Å². The van der Waals surface area contributed by atoms with Gasteiger partial charge in [-0.1, -0.05) is 29.3 Å². The van der Waals surface area contributed by atoms with Crippen LogP contribution in [0.15, 0.2) is 35.7 Å². The second-order valence-corrected chi connectivity index (χ2v) is 7.35. The van der Waals surface area contributed by atoms with E-state index in [1.165, 1.54) is 14.3 Å². The third-order valence-electron chi connectivity index (χ3n) is 3.13. The van der Waals surface area contributed by atoms with Crippen molar-refractivity contribution in [2.24, 2.45) is 5.84 Å². The molecule has 3 rings (SSSR count). The van der Waals surface area contributed by atoms with Crippen LogP contribution >= 0.6 is 45.9 Å². The summed E-state index contributed by atoms with van der Waals surface area (Å²) >= 11 is 15.5. The Labute approximate surface area is 135 Å². The summed E-state index contributed by atoms with van der Waals surface area (Å²) < 4.78 is 2.61. The standard InChI is InChI=1S/C14H12Cl2N2S2/c15-9-2-1-8(5-10(9)16)6-11(18-17)13-7-14-12(20-13)3-4-19-14/h1-5,7,11,18H,6,17H2. The largest absolute Gasteiger partial charge is 0.271 e. The van der Waals surface area contributed by atoms with Crippen LogP contribution in [0.1, 0.15) is 16.5 Å². The van der Waals surface area contributed by atoms with Crippen molar-refractivity contribution in [2.75, 3.05) is 0 Å². The highest BCUT2D eigenvalue weighted by atomic mass is 35.5. The van der Waals surface area contributed by atoms with Crippen molar-refractivity contribution in [1.82, 2.24) is 5.43 Å². The number of rotatable bonds is 4. The molecule has 0 radical (unpaired) electrons. The summed E-state index contributed by atoms with van der Waals surface area (Å²) in [5.41, 5.74) is 4.00. The molecule has 2 aromatic heterocycles. The van der Waals surface area contributed by atoms with Crippen LogP contribution in [0.25, 0.3) is 9.40 Å². The van der Waals surface area contributed by atoms with Gasteiger partial charge in [0.05, 0.1) is 16.1 Å². The molecule has 1 aromatic carbocycles. The molecule has 6 heteroatoms. The van der Waals surface area contributed by atoms with Crippen LogP contribution in [0.5, 0.6) is 0 Å². The van der Waals surface area contributed by atoms with Crippen molar-refractivity contribution in [2.45, 2.75) is 12.5 Å². The molecule has 0 fully saturated rings. The topological polar surface area (TPSA) is 38.0 Å². The van der Waals surface area contributed by atoms with E-state index in [1.54, 1.807) is 22.7 Å². The van der Waals surface area contributed by atoms with Crippen LogP contribution in [-0.2, 0) is 6.42 Å². The second-order valence-electron chi connectivity index (χ2n) is 4.47. The maximum Gasteiger partial charge on any atom is 0.0595 e. The molecule has 0 saturated heterocycles. The highest BCUT2D eigenvalue weighted by molar-refractivity contribution is 7.26. The van der Waals surface area contributed by atoms with Gasteiger partial charge in [-0.05, 0) is 41.6 Å². The Balaban J connectivity index is 1.86.